The van der Waals surface area contributed by atoms with Gasteiger partial charge >= 0.3 is 5.69 Å². The van der Waals surface area contributed by atoms with E-state index in [1.165, 1.54) is 19.2 Å². The predicted octanol–water partition coefficient (Wildman–Crippen LogP) is 3.37. The summed E-state index contributed by atoms with van der Waals surface area (Å²) in [5.41, 5.74) is 0.943. The van der Waals surface area contributed by atoms with E-state index in [1.54, 1.807) is 11.3 Å². The number of carbonyl (C=O) groups excluding carboxylic acids is 2. The Bertz CT molecular complexity index is 1040. The third kappa shape index (κ3) is 3.38. The minimum atomic E-state index is -0.713. The summed E-state index contributed by atoms with van der Waals surface area (Å²) in [6.45, 7) is 0. The van der Waals surface area contributed by atoms with Crippen molar-refractivity contribution >= 4 is 28.7 Å². The van der Waals surface area contributed by atoms with Crippen molar-refractivity contribution in [2.24, 2.45) is 0 Å². The summed E-state index contributed by atoms with van der Waals surface area (Å²) in [6, 6.07) is 6.57. The Kier molecular flexibility index (Phi) is 4.83. The van der Waals surface area contributed by atoms with Crippen molar-refractivity contribution in [3.63, 3.8) is 0 Å². The van der Waals surface area contributed by atoms with Crippen LogP contribution < -0.4 is 10.1 Å². The van der Waals surface area contributed by atoms with Gasteiger partial charge in [0.05, 0.1) is 12.0 Å². The summed E-state index contributed by atoms with van der Waals surface area (Å²) in [7, 11) is 1.29. The molecule has 0 radical (unpaired) electrons. The van der Waals surface area contributed by atoms with Gasteiger partial charge in [0.15, 0.2) is 11.5 Å². The van der Waals surface area contributed by atoms with E-state index in [1.807, 2.05) is 17.5 Å². The maximum absolute atomic E-state index is 13.0. The van der Waals surface area contributed by atoms with Crippen molar-refractivity contribution in [3.05, 3.63) is 61.5 Å². The summed E-state index contributed by atoms with van der Waals surface area (Å²) in [5.74, 6) is -1.59. The fraction of sp³-hybridized carbons (Fsp3) is 0.300. The van der Waals surface area contributed by atoms with Gasteiger partial charge in [-0.1, -0.05) is 6.07 Å². The van der Waals surface area contributed by atoms with Crippen LogP contribution in [-0.4, -0.2) is 28.8 Å². The molecule has 2 atom stereocenters. The van der Waals surface area contributed by atoms with Gasteiger partial charge in [0, 0.05) is 46.9 Å². The number of ether oxygens (including phenoxy) is 1. The van der Waals surface area contributed by atoms with Gasteiger partial charge in [-0.3, -0.25) is 19.7 Å². The zero-order valence-corrected chi connectivity index (χ0v) is 16.3. The Morgan fingerprint density at radius 3 is 2.72 bits per heavy atom. The fourth-order valence-corrected chi connectivity index (χ4v) is 4.91. The van der Waals surface area contributed by atoms with Gasteiger partial charge in [-0.25, -0.2) is 0 Å². The summed E-state index contributed by atoms with van der Waals surface area (Å²) in [6.07, 6.45) is 0.851. The van der Waals surface area contributed by atoms with Gasteiger partial charge in [-0.05, 0) is 29.5 Å². The SMILES string of the molecule is COc1cc([C@H]2CC(=O)NC3=C2C(=O)C[C@H](c2cccs2)C3)cc([N+](=O)[O-])c1O. The molecule has 0 fully saturated rings. The highest BCUT2D eigenvalue weighted by Gasteiger charge is 2.39. The number of ketones is 1. The number of nitro benzene ring substituents is 1. The number of nitrogens with zero attached hydrogens (tertiary/aromatic N) is 1. The average Bonchev–Trinajstić information content (AvgIpc) is 3.21. The van der Waals surface area contributed by atoms with Crippen LogP contribution in [0.1, 0.15) is 41.5 Å². The quantitative estimate of drug-likeness (QED) is 0.585. The Balaban J connectivity index is 1.79. The van der Waals surface area contributed by atoms with Crippen molar-refractivity contribution in [1.29, 1.82) is 0 Å². The monoisotopic (exact) mass is 414 g/mol. The number of nitrogens with one attached hydrogen (secondary N) is 1. The smallest absolute Gasteiger partial charge is 0.314 e. The van der Waals surface area contributed by atoms with E-state index < -0.39 is 22.3 Å². The molecule has 8 nitrogen and oxygen atoms in total. The first-order chi connectivity index (χ1) is 13.9. The highest BCUT2D eigenvalue weighted by Crippen LogP contribution is 2.46. The number of rotatable bonds is 4. The lowest BCUT2D eigenvalue weighted by atomic mass is 9.74. The van der Waals surface area contributed by atoms with Gasteiger partial charge in [0.2, 0.25) is 11.7 Å². The molecule has 2 N–H and O–H groups in total. The largest absolute Gasteiger partial charge is 0.500 e. The summed E-state index contributed by atoms with van der Waals surface area (Å²) in [5, 5.41) is 26.2. The second-order valence-electron chi connectivity index (χ2n) is 7.09. The maximum atomic E-state index is 13.0. The van der Waals surface area contributed by atoms with Crippen LogP contribution in [-0.2, 0) is 9.59 Å². The van der Waals surface area contributed by atoms with E-state index in [4.69, 9.17) is 4.74 Å². The number of phenols is 1. The van der Waals surface area contributed by atoms with Crippen LogP contribution in [0.4, 0.5) is 5.69 Å². The number of Topliss-reactive ketones (excluding diaryl/α,β-unsaturated/α-hetero) is 1. The Hall–Kier alpha value is -3.20. The molecule has 1 aromatic heterocycles. The molecule has 1 amide bonds. The molecule has 9 heteroatoms. The number of amides is 1. The first kappa shape index (κ1) is 19.1. The van der Waals surface area contributed by atoms with Crippen molar-refractivity contribution < 1.29 is 24.4 Å². The number of nitro groups is 1. The van der Waals surface area contributed by atoms with Crippen LogP contribution in [0.25, 0.3) is 0 Å². The molecule has 29 heavy (non-hydrogen) atoms. The molecule has 1 aliphatic carbocycles. The molecular formula is C20H18N2O6S. The fourth-order valence-electron chi connectivity index (χ4n) is 4.08. The van der Waals surface area contributed by atoms with E-state index in [9.17, 15) is 24.8 Å². The first-order valence-corrected chi connectivity index (χ1v) is 9.91. The minimum absolute atomic E-state index is 0.000669. The number of hydrogen-bond acceptors (Lipinski definition) is 7. The normalized spacial score (nSPS) is 21.6. The second-order valence-corrected chi connectivity index (χ2v) is 8.07. The van der Waals surface area contributed by atoms with Crippen LogP contribution in [0.3, 0.4) is 0 Å². The van der Waals surface area contributed by atoms with Gasteiger partial charge in [0.25, 0.3) is 0 Å². The Morgan fingerprint density at radius 2 is 2.07 bits per heavy atom. The molecule has 2 aliphatic rings. The van der Waals surface area contributed by atoms with Crippen LogP contribution in [0.2, 0.25) is 0 Å². The standard InChI is InChI=1S/C20H18N2O6S/c1-28-16-8-10(6-14(20(16)25)22(26)27)12-9-18(24)21-13-5-11(7-15(23)19(12)13)17-3-2-4-29-17/h2-4,6,8,11-12,25H,5,7,9H2,1H3,(H,21,24)/t11-,12-/m1/s1. The van der Waals surface area contributed by atoms with E-state index in [0.29, 0.717) is 29.7 Å². The zero-order chi connectivity index (χ0) is 20.7. The Labute approximate surface area is 170 Å². The number of thiophene rings is 1. The molecule has 0 unspecified atom stereocenters. The summed E-state index contributed by atoms with van der Waals surface area (Å²) in [4.78, 5) is 37.1. The average molecular weight is 414 g/mol. The van der Waals surface area contributed by atoms with E-state index in [-0.39, 0.29) is 29.8 Å². The molecule has 2 heterocycles. The van der Waals surface area contributed by atoms with Crippen molar-refractivity contribution in [2.45, 2.75) is 31.1 Å². The number of carbonyl (C=O) groups is 2. The molecule has 2 aromatic rings. The third-order valence-corrected chi connectivity index (χ3v) is 6.41. The zero-order valence-electron chi connectivity index (χ0n) is 15.5. The number of hydrogen-bond donors (Lipinski definition) is 2. The summed E-state index contributed by atoms with van der Waals surface area (Å²) < 4.78 is 5.07. The van der Waals surface area contributed by atoms with Gasteiger partial charge in [0.1, 0.15) is 0 Å². The van der Waals surface area contributed by atoms with Gasteiger partial charge in [-0.2, -0.15) is 0 Å². The van der Waals surface area contributed by atoms with Crippen LogP contribution in [0, 0.1) is 10.1 Å². The van der Waals surface area contributed by atoms with Crippen molar-refractivity contribution in [3.8, 4) is 11.5 Å². The molecule has 0 spiro atoms. The van der Waals surface area contributed by atoms with E-state index >= 15 is 0 Å². The van der Waals surface area contributed by atoms with Gasteiger partial charge in [-0.15, -0.1) is 11.3 Å². The molecular weight excluding hydrogens is 396 g/mol. The number of aromatic hydroxyl groups is 1. The molecule has 0 saturated heterocycles. The summed E-state index contributed by atoms with van der Waals surface area (Å²) >= 11 is 1.57. The molecule has 0 saturated carbocycles. The third-order valence-electron chi connectivity index (χ3n) is 5.38. The van der Waals surface area contributed by atoms with Crippen molar-refractivity contribution in [2.75, 3.05) is 7.11 Å². The van der Waals surface area contributed by atoms with Crippen LogP contribution in [0.15, 0.2) is 40.9 Å². The number of methoxy groups -OCH3 is 1. The lowest BCUT2D eigenvalue weighted by Gasteiger charge is -2.34. The van der Waals surface area contributed by atoms with E-state index in [0.717, 1.165) is 4.88 Å². The topological polar surface area (TPSA) is 119 Å². The predicted molar refractivity (Wildman–Crippen MR) is 105 cm³/mol. The van der Waals surface area contributed by atoms with Crippen LogP contribution >= 0.6 is 11.3 Å². The number of phenolic OH excluding ortho intramolecular Hbond substituents is 1. The lowest BCUT2D eigenvalue weighted by molar-refractivity contribution is -0.386. The minimum Gasteiger partial charge on any atom is -0.500 e. The number of allylic oxidation sites excluding steroid dienone is 2. The molecule has 4 rings (SSSR count). The van der Waals surface area contributed by atoms with Crippen molar-refractivity contribution in [1.82, 2.24) is 5.32 Å². The maximum Gasteiger partial charge on any atom is 0.314 e. The van der Waals surface area contributed by atoms with E-state index in [2.05, 4.69) is 5.32 Å². The number of benzene rings is 1. The second kappa shape index (κ2) is 7.32. The lowest BCUT2D eigenvalue weighted by Crippen LogP contribution is -2.38. The molecule has 1 aliphatic heterocycles. The molecule has 0 bridgehead atoms. The highest BCUT2D eigenvalue weighted by molar-refractivity contribution is 7.10. The molecule has 1 aromatic carbocycles. The first-order valence-electron chi connectivity index (χ1n) is 9.03. The highest BCUT2D eigenvalue weighted by atomic mass is 32.1. The van der Waals surface area contributed by atoms with Gasteiger partial charge < -0.3 is 15.2 Å². The van der Waals surface area contributed by atoms with Crippen LogP contribution in [0.5, 0.6) is 11.5 Å². The Morgan fingerprint density at radius 1 is 1.28 bits per heavy atom. The molecule has 150 valence electrons.